The van der Waals surface area contributed by atoms with Crippen LogP contribution in [-0.2, 0) is 22.2 Å². The van der Waals surface area contributed by atoms with Crippen molar-refractivity contribution in [1.82, 2.24) is 5.32 Å². The highest BCUT2D eigenvalue weighted by Gasteiger charge is 2.36. The van der Waals surface area contributed by atoms with Crippen LogP contribution in [0, 0.1) is 5.92 Å². The van der Waals surface area contributed by atoms with Gasteiger partial charge in [0.25, 0.3) is 0 Å². The summed E-state index contributed by atoms with van der Waals surface area (Å²) < 4.78 is 74.2. The van der Waals surface area contributed by atoms with Gasteiger partial charge in [0.2, 0.25) is 5.91 Å². The van der Waals surface area contributed by atoms with Crippen LogP contribution >= 0.6 is 0 Å². The fourth-order valence-corrected chi connectivity index (χ4v) is 2.02. The van der Waals surface area contributed by atoms with Crippen LogP contribution in [0.5, 0.6) is 0 Å². The average Bonchev–Trinajstić information content (AvgIpc) is 2.44. The lowest BCUT2D eigenvalue weighted by molar-refractivity contribution is -0.160. The number of carboxylic acid groups (broad SMARTS) is 1. The normalized spacial score (nSPS) is 14.7. The number of carbonyl (C=O) groups is 2. The van der Waals surface area contributed by atoms with Gasteiger partial charge < -0.3 is 10.4 Å². The molecule has 0 aromatic heterocycles. The number of halogens is 6. The molecule has 0 saturated carbocycles. The van der Waals surface area contributed by atoms with Gasteiger partial charge in [-0.05, 0) is 24.1 Å². The molecule has 0 heterocycles. The quantitative estimate of drug-likeness (QED) is 0.754. The maximum absolute atomic E-state index is 12.5. The van der Waals surface area contributed by atoms with E-state index in [0.717, 1.165) is 24.3 Å². The minimum absolute atomic E-state index is 0.0532. The molecule has 2 atom stereocenters. The molecule has 1 aromatic carbocycles. The van der Waals surface area contributed by atoms with Crippen molar-refractivity contribution < 1.29 is 41.0 Å². The molecule has 4 nitrogen and oxygen atoms in total. The van der Waals surface area contributed by atoms with Gasteiger partial charge in [-0.3, -0.25) is 4.79 Å². The summed E-state index contributed by atoms with van der Waals surface area (Å²) in [4.78, 5) is 22.7. The summed E-state index contributed by atoms with van der Waals surface area (Å²) in [7, 11) is 0. The molecule has 1 aromatic rings. The zero-order chi connectivity index (χ0) is 19.4. The van der Waals surface area contributed by atoms with E-state index < -0.39 is 48.2 Å². The first-order valence-corrected chi connectivity index (χ1v) is 7.05. The number of alkyl halides is 6. The summed E-state index contributed by atoms with van der Waals surface area (Å²) in [6.45, 7) is 1.33. The van der Waals surface area contributed by atoms with E-state index in [0.29, 0.717) is 5.56 Å². The van der Waals surface area contributed by atoms with Gasteiger partial charge in [-0.25, -0.2) is 4.79 Å². The molecule has 25 heavy (non-hydrogen) atoms. The van der Waals surface area contributed by atoms with E-state index in [1.54, 1.807) is 5.32 Å². The number of carbonyl (C=O) groups excluding carboxylic acids is 1. The molecule has 0 aliphatic rings. The Balaban J connectivity index is 2.71. The van der Waals surface area contributed by atoms with Gasteiger partial charge >= 0.3 is 18.3 Å². The molecular formula is C15H15F6NO3. The first-order valence-electron chi connectivity index (χ1n) is 7.05. The lowest BCUT2D eigenvalue weighted by atomic mass is 9.98. The highest BCUT2D eigenvalue weighted by molar-refractivity contribution is 5.84. The lowest BCUT2D eigenvalue weighted by Crippen LogP contribution is -2.45. The zero-order valence-electron chi connectivity index (χ0n) is 12.9. The molecule has 10 heteroatoms. The number of carboxylic acids is 1. The molecule has 1 rings (SSSR count). The molecule has 2 N–H and O–H groups in total. The Labute approximate surface area is 138 Å². The number of benzene rings is 1. The SMILES string of the molecule is CC(Cc1ccc(C(F)(F)F)cc1)C(=O)NC(CC(F)(F)F)C(=O)O. The molecule has 1 amide bonds. The van der Waals surface area contributed by atoms with Crippen molar-refractivity contribution in [2.45, 2.75) is 38.2 Å². The Kier molecular flexibility index (Phi) is 6.44. The average molecular weight is 371 g/mol. The number of rotatable bonds is 6. The second-order valence-corrected chi connectivity index (χ2v) is 5.52. The predicted molar refractivity (Wildman–Crippen MR) is 74.6 cm³/mol. The minimum Gasteiger partial charge on any atom is -0.480 e. The first-order chi connectivity index (χ1) is 11.3. The Hall–Kier alpha value is -2.26. The van der Waals surface area contributed by atoms with Gasteiger partial charge in [0.05, 0.1) is 12.0 Å². The van der Waals surface area contributed by atoms with Crippen LogP contribution in [0.3, 0.4) is 0 Å². The largest absolute Gasteiger partial charge is 0.480 e. The smallest absolute Gasteiger partial charge is 0.416 e. The van der Waals surface area contributed by atoms with Crippen LogP contribution in [0.1, 0.15) is 24.5 Å². The molecule has 0 bridgehead atoms. The van der Waals surface area contributed by atoms with E-state index >= 15 is 0 Å². The number of nitrogens with one attached hydrogen (secondary N) is 1. The molecule has 0 radical (unpaired) electrons. The fraction of sp³-hybridized carbons (Fsp3) is 0.467. The van der Waals surface area contributed by atoms with Crippen molar-refractivity contribution in [2.24, 2.45) is 5.92 Å². The van der Waals surface area contributed by atoms with Crippen LogP contribution in [0.4, 0.5) is 26.3 Å². The van der Waals surface area contributed by atoms with Gasteiger partial charge in [-0.1, -0.05) is 19.1 Å². The monoisotopic (exact) mass is 371 g/mol. The Morgan fingerprint density at radius 2 is 1.60 bits per heavy atom. The van der Waals surface area contributed by atoms with Gasteiger partial charge in [0, 0.05) is 5.92 Å². The van der Waals surface area contributed by atoms with Crippen molar-refractivity contribution >= 4 is 11.9 Å². The zero-order valence-corrected chi connectivity index (χ0v) is 12.9. The van der Waals surface area contributed by atoms with E-state index in [-0.39, 0.29) is 6.42 Å². The van der Waals surface area contributed by atoms with E-state index in [4.69, 9.17) is 5.11 Å². The van der Waals surface area contributed by atoms with Crippen molar-refractivity contribution in [3.63, 3.8) is 0 Å². The van der Waals surface area contributed by atoms with E-state index in [1.165, 1.54) is 6.92 Å². The third-order valence-electron chi connectivity index (χ3n) is 3.32. The standard InChI is InChI=1S/C15H15F6NO3/c1-8(6-9-2-4-10(5-3-9)15(19,20)21)12(23)22-11(13(24)25)7-14(16,17)18/h2-5,8,11H,6-7H2,1H3,(H,22,23)(H,24,25). The van der Waals surface area contributed by atoms with Crippen LogP contribution in [0.15, 0.2) is 24.3 Å². The van der Waals surface area contributed by atoms with Gasteiger partial charge in [0.15, 0.2) is 0 Å². The van der Waals surface area contributed by atoms with Crippen LogP contribution in [0.2, 0.25) is 0 Å². The van der Waals surface area contributed by atoms with Gasteiger partial charge in [-0.2, -0.15) is 26.3 Å². The second kappa shape index (κ2) is 7.75. The van der Waals surface area contributed by atoms with Gasteiger partial charge in [0.1, 0.15) is 6.04 Å². The van der Waals surface area contributed by atoms with Crippen molar-refractivity contribution in [3.8, 4) is 0 Å². The summed E-state index contributed by atoms with van der Waals surface area (Å²) in [5, 5.41) is 10.5. The number of hydrogen-bond donors (Lipinski definition) is 2. The van der Waals surface area contributed by atoms with E-state index in [1.807, 2.05) is 0 Å². The summed E-state index contributed by atoms with van der Waals surface area (Å²) in [6.07, 6.45) is -11.1. The minimum atomic E-state index is -4.77. The van der Waals surface area contributed by atoms with Crippen LogP contribution in [0.25, 0.3) is 0 Å². The number of aliphatic carboxylic acids is 1. The molecule has 2 unspecified atom stereocenters. The molecule has 0 saturated heterocycles. The Morgan fingerprint density at radius 3 is 2.00 bits per heavy atom. The van der Waals surface area contributed by atoms with E-state index in [2.05, 4.69) is 0 Å². The van der Waals surface area contributed by atoms with Crippen LogP contribution < -0.4 is 5.32 Å². The highest BCUT2D eigenvalue weighted by atomic mass is 19.4. The number of hydrogen-bond acceptors (Lipinski definition) is 2. The maximum Gasteiger partial charge on any atom is 0.416 e. The second-order valence-electron chi connectivity index (χ2n) is 5.52. The maximum atomic E-state index is 12.5. The number of amides is 1. The molecular weight excluding hydrogens is 356 g/mol. The predicted octanol–water partition coefficient (Wildman–Crippen LogP) is 3.41. The topological polar surface area (TPSA) is 66.4 Å². The highest BCUT2D eigenvalue weighted by Crippen LogP contribution is 2.29. The molecule has 0 spiro atoms. The third kappa shape index (κ3) is 7.02. The Morgan fingerprint density at radius 1 is 1.08 bits per heavy atom. The van der Waals surface area contributed by atoms with Crippen molar-refractivity contribution in [2.75, 3.05) is 0 Å². The first kappa shape index (κ1) is 20.8. The summed E-state index contributed by atoms with van der Waals surface area (Å²) in [5.41, 5.74) is -0.511. The van der Waals surface area contributed by atoms with Gasteiger partial charge in [-0.15, -0.1) is 0 Å². The van der Waals surface area contributed by atoms with Crippen LogP contribution in [-0.4, -0.2) is 29.2 Å². The fourth-order valence-electron chi connectivity index (χ4n) is 2.02. The summed E-state index contributed by atoms with van der Waals surface area (Å²) >= 11 is 0. The molecule has 0 fully saturated rings. The third-order valence-corrected chi connectivity index (χ3v) is 3.32. The molecule has 0 aliphatic heterocycles. The molecule has 0 aliphatic carbocycles. The summed E-state index contributed by atoms with van der Waals surface area (Å²) in [5.74, 6) is -3.68. The summed E-state index contributed by atoms with van der Waals surface area (Å²) in [6, 6.07) is 1.82. The van der Waals surface area contributed by atoms with Crippen molar-refractivity contribution in [3.05, 3.63) is 35.4 Å². The Bertz CT molecular complexity index is 609. The lowest BCUT2D eigenvalue weighted by Gasteiger charge is -2.19. The van der Waals surface area contributed by atoms with E-state index in [9.17, 15) is 35.9 Å². The molecule has 140 valence electrons. The van der Waals surface area contributed by atoms with Crippen molar-refractivity contribution in [1.29, 1.82) is 0 Å².